The van der Waals surface area contributed by atoms with Crippen molar-refractivity contribution >= 4 is 23.4 Å². The molecule has 2 heterocycles. The molecule has 0 fully saturated rings. The number of nitrogens with zero attached hydrogens (tertiary/aromatic N) is 4. The molecule has 0 aliphatic rings. The molecule has 2 aromatic heterocycles. The molecule has 0 N–H and O–H groups in total. The van der Waals surface area contributed by atoms with Crippen LogP contribution in [0.3, 0.4) is 0 Å². The summed E-state index contributed by atoms with van der Waals surface area (Å²) in [5, 5.41) is 4.72. The molecule has 0 aliphatic heterocycles. The van der Waals surface area contributed by atoms with Crippen molar-refractivity contribution in [1.29, 1.82) is 0 Å². The van der Waals surface area contributed by atoms with Crippen LogP contribution in [0.4, 0.5) is 5.69 Å². The smallest absolute Gasteiger partial charge is 0.227 e. The third kappa shape index (κ3) is 5.59. The molecule has 0 spiro atoms. The molecule has 5 nitrogen and oxygen atoms in total. The van der Waals surface area contributed by atoms with E-state index < -0.39 is 0 Å². The summed E-state index contributed by atoms with van der Waals surface area (Å²) >= 11 is 1.87. The number of hydrogen-bond donors (Lipinski definition) is 0. The molecule has 0 saturated carbocycles. The van der Waals surface area contributed by atoms with Crippen LogP contribution in [0.15, 0.2) is 30.7 Å². The van der Waals surface area contributed by atoms with E-state index in [1.165, 1.54) is 12.8 Å². The molecule has 0 bridgehead atoms. The summed E-state index contributed by atoms with van der Waals surface area (Å²) in [7, 11) is 0. The summed E-state index contributed by atoms with van der Waals surface area (Å²) in [5.41, 5.74) is 2.82. The Kier molecular flexibility index (Phi) is 8.68. The molecule has 0 aromatic carbocycles. The number of unbranched alkanes of at least 4 members (excludes halogenated alkanes) is 1. The van der Waals surface area contributed by atoms with Crippen molar-refractivity contribution in [2.24, 2.45) is 0 Å². The Hall–Kier alpha value is -1.82. The second kappa shape index (κ2) is 11.0. The van der Waals surface area contributed by atoms with Crippen molar-refractivity contribution in [3.05, 3.63) is 36.4 Å². The number of carbonyl (C=O) groups is 1. The fourth-order valence-corrected chi connectivity index (χ4v) is 3.80. The van der Waals surface area contributed by atoms with E-state index in [1.54, 1.807) is 12.4 Å². The molecule has 0 atom stereocenters. The molecule has 2 rings (SSSR count). The Balaban J connectivity index is 2.14. The molecule has 0 unspecified atom stereocenters. The Labute approximate surface area is 161 Å². The average molecular weight is 375 g/mol. The van der Waals surface area contributed by atoms with Crippen molar-refractivity contribution in [2.75, 3.05) is 23.0 Å². The molecule has 2 aromatic rings. The van der Waals surface area contributed by atoms with E-state index in [4.69, 9.17) is 5.10 Å². The number of pyridine rings is 1. The number of anilines is 1. The molecule has 0 aliphatic carbocycles. The van der Waals surface area contributed by atoms with Crippen molar-refractivity contribution < 1.29 is 4.79 Å². The number of aromatic nitrogens is 3. The van der Waals surface area contributed by atoms with E-state index in [-0.39, 0.29) is 5.91 Å². The van der Waals surface area contributed by atoms with Crippen LogP contribution in [-0.2, 0) is 11.2 Å². The highest BCUT2D eigenvalue weighted by Crippen LogP contribution is 2.24. The maximum absolute atomic E-state index is 12.8. The molecule has 0 radical (unpaired) electrons. The van der Waals surface area contributed by atoms with E-state index in [9.17, 15) is 4.79 Å². The molecule has 26 heavy (non-hydrogen) atoms. The largest absolute Gasteiger partial charge is 0.310 e. The Morgan fingerprint density at radius 3 is 2.73 bits per heavy atom. The lowest BCUT2D eigenvalue weighted by molar-refractivity contribution is -0.118. The quantitative estimate of drug-likeness (QED) is 0.544. The number of rotatable bonds is 11. The minimum absolute atomic E-state index is 0.180. The molecular weight excluding hydrogens is 344 g/mol. The Bertz CT molecular complexity index is 672. The number of amides is 1. The van der Waals surface area contributed by atoms with Gasteiger partial charge in [-0.1, -0.05) is 26.7 Å². The minimum atomic E-state index is 0.180. The van der Waals surface area contributed by atoms with Crippen molar-refractivity contribution in [1.82, 2.24) is 14.8 Å². The first-order chi connectivity index (χ1) is 12.7. The standard InChI is InChI=1S/C20H30N4OS/c1-4-7-13-26-14-11-20(25)23(6-3)19-16-24(22-18(19)9-5-2)17-10-8-12-21-15-17/h8,10,12,15-16H,4-7,9,11,13-14H2,1-3H3. The fourth-order valence-electron chi connectivity index (χ4n) is 2.79. The van der Waals surface area contributed by atoms with Gasteiger partial charge in [0.05, 0.1) is 29.5 Å². The lowest BCUT2D eigenvalue weighted by Gasteiger charge is -2.20. The molecule has 1 amide bonds. The average Bonchev–Trinajstić information content (AvgIpc) is 3.07. The number of aryl methyl sites for hydroxylation is 1. The SMILES string of the molecule is CCCCSCCC(=O)N(CC)c1cn(-c2cccnc2)nc1CCC. The first-order valence-electron chi connectivity index (χ1n) is 9.58. The highest BCUT2D eigenvalue weighted by atomic mass is 32.2. The number of carbonyl (C=O) groups excluding carboxylic acids is 1. The summed E-state index contributed by atoms with van der Waals surface area (Å²) in [6.45, 7) is 7.02. The third-order valence-corrected chi connectivity index (χ3v) is 5.25. The van der Waals surface area contributed by atoms with Crippen molar-refractivity contribution in [3.8, 4) is 5.69 Å². The van der Waals surface area contributed by atoms with Gasteiger partial charge in [0.1, 0.15) is 0 Å². The summed E-state index contributed by atoms with van der Waals surface area (Å²) in [6.07, 6.45) is 10.4. The monoisotopic (exact) mass is 374 g/mol. The van der Waals surface area contributed by atoms with Crippen molar-refractivity contribution in [3.63, 3.8) is 0 Å². The van der Waals surface area contributed by atoms with E-state index in [1.807, 2.05) is 46.6 Å². The first kappa shape index (κ1) is 20.5. The minimum Gasteiger partial charge on any atom is -0.310 e. The second-order valence-corrected chi connectivity index (χ2v) is 7.45. The Morgan fingerprint density at radius 2 is 2.08 bits per heavy atom. The van der Waals surface area contributed by atoms with Crippen LogP contribution < -0.4 is 4.90 Å². The van der Waals surface area contributed by atoms with Gasteiger partial charge in [-0.15, -0.1) is 0 Å². The van der Waals surface area contributed by atoms with E-state index >= 15 is 0 Å². The lowest BCUT2D eigenvalue weighted by Crippen LogP contribution is -2.31. The zero-order valence-electron chi connectivity index (χ0n) is 16.1. The second-order valence-electron chi connectivity index (χ2n) is 6.22. The van der Waals surface area contributed by atoms with Gasteiger partial charge in [-0.2, -0.15) is 16.9 Å². The molecule has 6 heteroatoms. The van der Waals surface area contributed by atoms with Gasteiger partial charge >= 0.3 is 0 Å². The van der Waals surface area contributed by atoms with Crippen LogP contribution in [0.1, 0.15) is 52.1 Å². The van der Waals surface area contributed by atoms with Gasteiger partial charge in [-0.3, -0.25) is 9.78 Å². The zero-order chi connectivity index (χ0) is 18.8. The van der Waals surface area contributed by atoms with E-state index in [0.29, 0.717) is 13.0 Å². The zero-order valence-corrected chi connectivity index (χ0v) is 17.0. The number of thioether (sulfide) groups is 1. The molecular formula is C20H30N4OS. The van der Waals surface area contributed by atoms with Crippen LogP contribution in [-0.4, -0.2) is 38.7 Å². The van der Waals surface area contributed by atoms with Gasteiger partial charge in [-0.25, -0.2) is 4.68 Å². The van der Waals surface area contributed by atoms with Crippen LogP contribution >= 0.6 is 11.8 Å². The normalized spacial score (nSPS) is 10.9. The van der Waals surface area contributed by atoms with E-state index in [0.717, 1.165) is 41.4 Å². The van der Waals surface area contributed by atoms with Crippen LogP contribution in [0.5, 0.6) is 0 Å². The summed E-state index contributed by atoms with van der Waals surface area (Å²) < 4.78 is 1.83. The summed E-state index contributed by atoms with van der Waals surface area (Å²) in [4.78, 5) is 18.8. The van der Waals surface area contributed by atoms with Crippen molar-refractivity contribution in [2.45, 2.75) is 52.9 Å². The topological polar surface area (TPSA) is 51.0 Å². The predicted molar refractivity (Wildman–Crippen MR) is 110 cm³/mol. The summed E-state index contributed by atoms with van der Waals surface area (Å²) in [5.74, 6) is 2.20. The molecule has 142 valence electrons. The number of hydrogen-bond acceptors (Lipinski definition) is 4. The third-order valence-electron chi connectivity index (χ3n) is 4.18. The van der Waals surface area contributed by atoms with Gasteiger partial charge in [-0.05, 0) is 37.7 Å². The van der Waals surface area contributed by atoms with Gasteiger partial charge in [0.25, 0.3) is 0 Å². The van der Waals surface area contributed by atoms with E-state index in [2.05, 4.69) is 18.8 Å². The molecule has 0 saturated heterocycles. The highest BCUT2D eigenvalue weighted by Gasteiger charge is 2.20. The first-order valence-corrected chi connectivity index (χ1v) is 10.7. The van der Waals surface area contributed by atoms with Gasteiger partial charge in [0.15, 0.2) is 0 Å². The van der Waals surface area contributed by atoms with Gasteiger partial charge in [0.2, 0.25) is 5.91 Å². The van der Waals surface area contributed by atoms with Gasteiger partial charge in [0, 0.05) is 24.9 Å². The van der Waals surface area contributed by atoms with Crippen LogP contribution in [0, 0.1) is 0 Å². The maximum atomic E-state index is 12.8. The van der Waals surface area contributed by atoms with Gasteiger partial charge < -0.3 is 4.90 Å². The summed E-state index contributed by atoms with van der Waals surface area (Å²) in [6, 6.07) is 3.87. The van der Waals surface area contributed by atoms with Crippen LogP contribution in [0.2, 0.25) is 0 Å². The predicted octanol–water partition coefficient (Wildman–Crippen LogP) is 4.50. The highest BCUT2D eigenvalue weighted by molar-refractivity contribution is 7.99. The maximum Gasteiger partial charge on any atom is 0.227 e. The fraction of sp³-hybridized carbons (Fsp3) is 0.550. The van der Waals surface area contributed by atoms with Crippen LogP contribution in [0.25, 0.3) is 5.69 Å². The Morgan fingerprint density at radius 1 is 1.23 bits per heavy atom. The lowest BCUT2D eigenvalue weighted by atomic mass is 10.2.